The predicted octanol–water partition coefficient (Wildman–Crippen LogP) is 4.69. The molecule has 0 aliphatic carbocycles. The summed E-state index contributed by atoms with van der Waals surface area (Å²) in [7, 11) is 0. The second kappa shape index (κ2) is 8.65. The molecule has 0 aliphatic heterocycles. The van der Waals surface area contributed by atoms with Crippen molar-refractivity contribution in [1.29, 1.82) is 0 Å². The van der Waals surface area contributed by atoms with Crippen LogP contribution in [0.5, 0.6) is 0 Å². The highest BCUT2D eigenvalue weighted by Crippen LogP contribution is 2.20. The van der Waals surface area contributed by atoms with Gasteiger partial charge in [-0.3, -0.25) is 4.79 Å². The van der Waals surface area contributed by atoms with Crippen LogP contribution in [0.2, 0.25) is 10.0 Å². The number of hydrogen-bond acceptors (Lipinski definition) is 4. The fourth-order valence-electron chi connectivity index (χ4n) is 2.27. The van der Waals surface area contributed by atoms with Gasteiger partial charge in [-0.2, -0.15) is 0 Å². The third-order valence-corrected chi connectivity index (χ3v) is 4.22. The van der Waals surface area contributed by atoms with Gasteiger partial charge in [0, 0.05) is 11.6 Å². The number of nitrogens with one attached hydrogen (secondary N) is 2. The minimum Gasteiger partial charge on any atom is -0.368 e. The number of nitrogens with zero attached hydrogens (tertiary/aromatic N) is 2. The van der Waals surface area contributed by atoms with Crippen LogP contribution in [0, 0.1) is 0 Å². The number of hydrogen-bond donors (Lipinski definition) is 2. The number of rotatable bonds is 6. The largest absolute Gasteiger partial charge is 0.368 e. The fourth-order valence-corrected chi connectivity index (χ4v) is 2.58. The highest BCUT2D eigenvalue weighted by Gasteiger charge is 2.10. The maximum atomic E-state index is 12.2. The van der Waals surface area contributed by atoms with E-state index in [-0.39, 0.29) is 11.6 Å². The maximum Gasteiger partial charge on any atom is 0.275 e. The number of para-hydroxylation sites is 1. The summed E-state index contributed by atoms with van der Waals surface area (Å²) in [5, 5.41) is 7.07. The van der Waals surface area contributed by atoms with Crippen molar-refractivity contribution in [2.45, 2.75) is 6.42 Å². The maximum absolute atomic E-state index is 12.2. The predicted molar refractivity (Wildman–Crippen MR) is 105 cm³/mol. The molecule has 3 aromatic rings. The van der Waals surface area contributed by atoms with Gasteiger partial charge in [-0.05, 0) is 36.2 Å². The Morgan fingerprint density at radius 2 is 1.73 bits per heavy atom. The summed E-state index contributed by atoms with van der Waals surface area (Å²) in [6, 6.07) is 14.7. The van der Waals surface area contributed by atoms with E-state index in [9.17, 15) is 4.79 Å². The molecular weight excluding hydrogens is 371 g/mol. The van der Waals surface area contributed by atoms with Crippen LogP contribution in [0.4, 0.5) is 11.5 Å². The van der Waals surface area contributed by atoms with Gasteiger partial charge in [0.25, 0.3) is 5.91 Å². The standard InChI is InChI=1S/C19H16Cl2N4O/c20-14-7-5-13(6-8-14)9-10-22-18-12-23-17(11-24-18)19(26)25-16-4-2-1-3-15(16)21/h1-8,11-12H,9-10H2,(H,22,24)(H,25,26). The quantitative estimate of drug-likeness (QED) is 0.644. The fraction of sp³-hybridized carbons (Fsp3) is 0.105. The molecule has 0 saturated carbocycles. The summed E-state index contributed by atoms with van der Waals surface area (Å²) in [4.78, 5) is 20.6. The van der Waals surface area contributed by atoms with Gasteiger partial charge < -0.3 is 10.6 Å². The van der Waals surface area contributed by atoms with Crippen LogP contribution in [0.1, 0.15) is 16.1 Å². The minimum absolute atomic E-state index is 0.216. The van der Waals surface area contributed by atoms with E-state index < -0.39 is 0 Å². The Labute approximate surface area is 161 Å². The van der Waals surface area contributed by atoms with E-state index in [0.29, 0.717) is 23.1 Å². The Bertz CT molecular complexity index is 883. The van der Waals surface area contributed by atoms with Crippen molar-refractivity contribution in [2.75, 3.05) is 17.2 Å². The molecule has 5 nitrogen and oxygen atoms in total. The number of carbonyl (C=O) groups is 1. The smallest absolute Gasteiger partial charge is 0.275 e. The number of amides is 1. The lowest BCUT2D eigenvalue weighted by molar-refractivity contribution is 0.102. The van der Waals surface area contributed by atoms with Crippen molar-refractivity contribution in [3.8, 4) is 0 Å². The van der Waals surface area contributed by atoms with Gasteiger partial charge in [0.15, 0.2) is 0 Å². The number of aromatic nitrogens is 2. The van der Waals surface area contributed by atoms with E-state index in [1.807, 2.05) is 24.3 Å². The molecule has 0 unspecified atom stereocenters. The van der Waals surface area contributed by atoms with Crippen LogP contribution in [0.3, 0.4) is 0 Å². The number of halogens is 2. The molecule has 0 saturated heterocycles. The second-order valence-electron chi connectivity index (χ2n) is 5.52. The Hall–Kier alpha value is -2.63. The summed E-state index contributed by atoms with van der Waals surface area (Å²) < 4.78 is 0. The molecule has 1 aromatic heterocycles. The molecule has 0 fully saturated rings. The molecule has 7 heteroatoms. The van der Waals surface area contributed by atoms with E-state index in [2.05, 4.69) is 20.6 Å². The molecule has 1 amide bonds. The van der Waals surface area contributed by atoms with E-state index in [1.165, 1.54) is 18.0 Å². The molecule has 2 aromatic carbocycles. The summed E-state index contributed by atoms with van der Waals surface area (Å²) in [6.07, 6.45) is 3.79. The third kappa shape index (κ3) is 4.94. The van der Waals surface area contributed by atoms with E-state index >= 15 is 0 Å². The Kier molecular flexibility index (Phi) is 6.04. The monoisotopic (exact) mass is 386 g/mol. The first-order valence-electron chi connectivity index (χ1n) is 7.98. The van der Waals surface area contributed by atoms with Crippen molar-refractivity contribution in [3.63, 3.8) is 0 Å². The first-order valence-corrected chi connectivity index (χ1v) is 8.73. The minimum atomic E-state index is -0.363. The molecule has 26 heavy (non-hydrogen) atoms. The summed E-state index contributed by atoms with van der Waals surface area (Å²) in [5.74, 6) is 0.242. The van der Waals surface area contributed by atoms with Crippen molar-refractivity contribution in [2.24, 2.45) is 0 Å². The Morgan fingerprint density at radius 1 is 0.962 bits per heavy atom. The molecule has 3 rings (SSSR count). The van der Waals surface area contributed by atoms with Gasteiger partial charge in [-0.15, -0.1) is 0 Å². The summed E-state index contributed by atoms with van der Waals surface area (Å²) >= 11 is 11.9. The zero-order valence-electron chi connectivity index (χ0n) is 13.7. The zero-order chi connectivity index (χ0) is 18.4. The van der Waals surface area contributed by atoms with Crippen LogP contribution >= 0.6 is 23.2 Å². The van der Waals surface area contributed by atoms with E-state index in [0.717, 1.165) is 11.4 Å². The average Bonchev–Trinajstić information content (AvgIpc) is 2.66. The highest BCUT2D eigenvalue weighted by molar-refractivity contribution is 6.33. The van der Waals surface area contributed by atoms with Gasteiger partial charge in [-0.25, -0.2) is 9.97 Å². The van der Waals surface area contributed by atoms with Gasteiger partial charge in [0.1, 0.15) is 11.5 Å². The first kappa shape index (κ1) is 18.2. The lowest BCUT2D eigenvalue weighted by atomic mass is 10.1. The SMILES string of the molecule is O=C(Nc1ccccc1Cl)c1cnc(NCCc2ccc(Cl)cc2)cn1. The Balaban J connectivity index is 1.53. The Morgan fingerprint density at radius 3 is 2.42 bits per heavy atom. The molecular formula is C19H16Cl2N4O. The average molecular weight is 387 g/mol. The lowest BCUT2D eigenvalue weighted by Gasteiger charge is -2.08. The van der Waals surface area contributed by atoms with Crippen LogP contribution in [-0.4, -0.2) is 22.4 Å². The topological polar surface area (TPSA) is 66.9 Å². The molecule has 0 atom stereocenters. The molecule has 1 heterocycles. The molecule has 0 radical (unpaired) electrons. The van der Waals surface area contributed by atoms with Crippen molar-refractivity contribution in [3.05, 3.63) is 82.2 Å². The second-order valence-corrected chi connectivity index (χ2v) is 6.37. The molecule has 0 spiro atoms. The van der Waals surface area contributed by atoms with Gasteiger partial charge in [-0.1, -0.05) is 47.5 Å². The molecule has 2 N–H and O–H groups in total. The first-order chi connectivity index (χ1) is 12.6. The highest BCUT2D eigenvalue weighted by atomic mass is 35.5. The lowest BCUT2D eigenvalue weighted by Crippen LogP contribution is -2.15. The third-order valence-electron chi connectivity index (χ3n) is 3.64. The number of benzene rings is 2. The normalized spacial score (nSPS) is 10.4. The van der Waals surface area contributed by atoms with Crippen molar-refractivity contribution >= 4 is 40.6 Å². The van der Waals surface area contributed by atoms with Gasteiger partial charge >= 0.3 is 0 Å². The van der Waals surface area contributed by atoms with E-state index in [4.69, 9.17) is 23.2 Å². The summed E-state index contributed by atoms with van der Waals surface area (Å²) in [5.41, 5.74) is 1.92. The molecule has 0 aliphatic rings. The summed E-state index contributed by atoms with van der Waals surface area (Å²) in [6.45, 7) is 0.696. The van der Waals surface area contributed by atoms with Crippen LogP contribution in [-0.2, 0) is 6.42 Å². The van der Waals surface area contributed by atoms with Crippen LogP contribution < -0.4 is 10.6 Å². The van der Waals surface area contributed by atoms with Crippen LogP contribution in [0.25, 0.3) is 0 Å². The molecule has 0 bridgehead atoms. The zero-order valence-corrected chi connectivity index (χ0v) is 15.3. The van der Waals surface area contributed by atoms with E-state index in [1.54, 1.807) is 24.3 Å². The van der Waals surface area contributed by atoms with Crippen molar-refractivity contribution < 1.29 is 4.79 Å². The molecule has 132 valence electrons. The van der Waals surface area contributed by atoms with Crippen LogP contribution in [0.15, 0.2) is 60.9 Å². The van der Waals surface area contributed by atoms with Gasteiger partial charge in [0.05, 0.1) is 23.1 Å². The van der Waals surface area contributed by atoms with Gasteiger partial charge in [0.2, 0.25) is 0 Å². The number of carbonyl (C=O) groups excluding carboxylic acids is 1. The van der Waals surface area contributed by atoms with Crippen molar-refractivity contribution in [1.82, 2.24) is 9.97 Å². The number of anilines is 2.